The van der Waals surface area contributed by atoms with E-state index in [0.29, 0.717) is 0 Å². The number of benzene rings is 2. The molecule has 1 aliphatic rings. The number of aromatic nitrogens is 2. The maximum absolute atomic E-state index is 13.2. The SMILES string of the molecule is Cc1ccn2cc(-c3ccc(NC(=O)C4(c5ccc(F)cc5)CC4)cc3)nc2c1. The normalized spacial score (nSPS) is 14.7. The zero-order chi connectivity index (χ0) is 20.0. The van der Waals surface area contributed by atoms with Crippen molar-refractivity contribution in [3.05, 3.63) is 90.0 Å². The number of halogens is 1. The van der Waals surface area contributed by atoms with Crippen molar-refractivity contribution in [2.24, 2.45) is 0 Å². The number of fused-ring (bicyclic) bond motifs is 1. The first-order chi connectivity index (χ1) is 14.0. The number of hydrogen-bond donors (Lipinski definition) is 1. The van der Waals surface area contributed by atoms with Gasteiger partial charge in [0.25, 0.3) is 0 Å². The number of nitrogens with one attached hydrogen (secondary N) is 1. The fraction of sp³-hybridized carbons (Fsp3) is 0.167. The molecule has 29 heavy (non-hydrogen) atoms. The van der Waals surface area contributed by atoms with Gasteiger partial charge < -0.3 is 9.72 Å². The van der Waals surface area contributed by atoms with Crippen LogP contribution < -0.4 is 5.32 Å². The Labute approximate surface area is 168 Å². The van der Waals surface area contributed by atoms with Crippen molar-refractivity contribution >= 4 is 17.2 Å². The third kappa shape index (κ3) is 3.18. The molecule has 0 bridgehead atoms. The molecule has 4 nitrogen and oxygen atoms in total. The Morgan fingerprint density at radius 2 is 1.79 bits per heavy atom. The molecule has 2 aromatic heterocycles. The van der Waals surface area contributed by atoms with Gasteiger partial charge in [-0.05, 0) is 67.3 Å². The van der Waals surface area contributed by atoms with E-state index in [0.717, 1.165) is 41.0 Å². The Morgan fingerprint density at radius 1 is 1.07 bits per heavy atom. The first-order valence-electron chi connectivity index (χ1n) is 9.67. The third-order valence-electron chi connectivity index (χ3n) is 5.64. The van der Waals surface area contributed by atoms with Crippen LogP contribution in [-0.4, -0.2) is 15.3 Å². The summed E-state index contributed by atoms with van der Waals surface area (Å²) >= 11 is 0. The molecule has 1 saturated carbocycles. The van der Waals surface area contributed by atoms with Crippen molar-refractivity contribution in [3.8, 4) is 11.3 Å². The fourth-order valence-corrected chi connectivity index (χ4v) is 3.74. The summed E-state index contributed by atoms with van der Waals surface area (Å²) in [6, 6.07) is 18.0. The number of amides is 1. The van der Waals surface area contributed by atoms with E-state index in [1.54, 1.807) is 12.1 Å². The van der Waals surface area contributed by atoms with E-state index in [1.165, 1.54) is 17.7 Å². The number of nitrogens with zero attached hydrogens (tertiary/aromatic N) is 2. The molecule has 1 fully saturated rings. The highest BCUT2D eigenvalue weighted by atomic mass is 19.1. The van der Waals surface area contributed by atoms with Gasteiger partial charge in [0.1, 0.15) is 11.5 Å². The molecule has 1 amide bonds. The Hall–Kier alpha value is -3.47. The van der Waals surface area contributed by atoms with Gasteiger partial charge in [-0.25, -0.2) is 9.37 Å². The fourth-order valence-electron chi connectivity index (χ4n) is 3.74. The van der Waals surface area contributed by atoms with E-state index in [2.05, 4.69) is 10.3 Å². The van der Waals surface area contributed by atoms with Gasteiger partial charge in [-0.1, -0.05) is 24.3 Å². The van der Waals surface area contributed by atoms with Crippen LogP contribution in [0.5, 0.6) is 0 Å². The number of carbonyl (C=O) groups excluding carboxylic acids is 1. The second-order valence-electron chi connectivity index (χ2n) is 7.72. The molecule has 4 aromatic rings. The minimum atomic E-state index is -0.536. The third-order valence-corrected chi connectivity index (χ3v) is 5.64. The van der Waals surface area contributed by atoms with Crippen LogP contribution in [0.1, 0.15) is 24.0 Å². The summed E-state index contributed by atoms with van der Waals surface area (Å²) in [5.74, 6) is -0.331. The highest BCUT2D eigenvalue weighted by Gasteiger charge is 2.51. The average Bonchev–Trinajstić information content (AvgIpc) is 3.43. The highest BCUT2D eigenvalue weighted by Crippen LogP contribution is 2.49. The van der Waals surface area contributed by atoms with E-state index < -0.39 is 5.41 Å². The quantitative estimate of drug-likeness (QED) is 0.530. The molecule has 5 heteroatoms. The smallest absolute Gasteiger partial charge is 0.235 e. The Bertz CT molecular complexity index is 1210. The highest BCUT2D eigenvalue weighted by molar-refractivity contribution is 6.01. The number of rotatable bonds is 4. The number of imidazole rings is 1. The van der Waals surface area contributed by atoms with Gasteiger partial charge in [0, 0.05) is 23.6 Å². The minimum absolute atomic E-state index is 0.0416. The summed E-state index contributed by atoms with van der Waals surface area (Å²) in [5, 5.41) is 3.01. The molecule has 0 atom stereocenters. The first kappa shape index (κ1) is 17.6. The van der Waals surface area contributed by atoms with Crippen molar-refractivity contribution in [1.82, 2.24) is 9.38 Å². The van der Waals surface area contributed by atoms with E-state index in [9.17, 15) is 9.18 Å². The number of aryl methyl sites for hydroxylation is 1. The van der Waals surface area contributed by atoms with Crippen LogP contribution in [0.15, 0.2) is 73.1 Å². The number of anilines is 1. The van der Waals surface area contributed by atoms with Gasteiger partial charge in [-0.15, -0.1) is 0 Å². The Balaban J connectivity index is 1.35. The van der Waals surface area contributed by atoms with Crippen LogP contribution in [0.25, 0.3) is 16.9 Å². The zero-order valence-corrected chi connectivity index (χ0v) is 16.0. The molecular formula is C24H20FN3O. The van der Waals surface area contributed by atoms with Gasteiger partial charge in [-0.3, -0.25) is 4.79 Å². The van der Waals surface area contributed by atoms with Gasteiger partial charge in [0.15, 0.2) is 0 Å². The predicted molar refractivity (Wildman–Crippen MR) is 111 cm³/mol. The van der Waals surface area contributed by atoms with Gasteiger partial charge in [0.05, 0.1) is 11.1 Å². The van der Waals surface area contributed by atoms with E-state index in [4.69, 9.17) is 0 Å². The molecule has 0 aliphatic heterocycles. The first-order valence-corrected chi connectivity index (χ1v) is 9.67. The lowest BCUT2D eigenvalue weighted by Crippen LogP contribution is -2.27. The lowest BCUT2D eigenvalue weighted by Gasteiger charge is -2.16. The summed E-state index contributed by atoms with van der Waals surface area (Å²) in [7, 11) is 0. The van der Waals surface area contributed by atoms with Crippen molar-refractivity contribution < 1.29 is 9.18 Å². The van der Waals surface area contributed by atoms with Crippen LogP contribution in [0, 0.1) is 12.7 Å². The van der Waals surface area contributed by atoms with Gasteiger partial charge in [0.2, 0.25) is 5.91 Å². The van der Waals surface area contributed by atoms with Gasteiger partial charge in [-0.2, -0.15) is 0 Å². The van der Waals surface area contributed by atoms with E-state index >= 15 is 0 Å². The predicted octanol–water partition coefficient (Wildman–Crippen LogP) is 5.12. The molecule has 2 heterocycles. The molecular weight excluding hydrogens is 365 g/mol. The monoisotopic (exact) mass is 385 g/mol. The van der Waals surface area contributed by atoms with Gasteiger partial charge >= 0.3 is 0 Å². The summed E-state index contributed by atoms with van der Waals surface area (Å²) < 4.78 is 15.2. The average molecular weight is 385 g/mol. The minimum Gasteiger partial charge on any atom is -0.325 e. The molecule has 0 unspecified atom stereocenters. The standard InChI is InChI=1S/C24H20FN3O/c1-16-10-13-28-15-21(27-22(28)14-16)17-2-8-20(9-3-17)26-23(29)24(11-12-24)18-4-6-19(25)7-5-18/h2-10,13-15H,11-12H2,1H3,(H,26,29). The second-order valence-corrected chi connectivity index (χ2v) is 7.72. The maximum atomic E-state index is 13.2. The zero-order valence-electron chi connectivity index (χ0n) is 16.0. The summed E-state index contributed by atoms with van der Waals surface area (Å²) in [6.07, 6.45) is 5.56. The summed E-state index contributed by atoms with van der Waals surface area (Å²) in [4.78, 5) is 17.5. The lowest BCUT2D eigenvalue weighted by atomic mass is 9.95. The Kier molecular flexibility index (Phi) is 3.98. The van der Waals surface area contributed by atoms with E-state index in [1.807, 2.05) is 60.1 Å². The molecule has 0 saturated heterocycles. The molecule has 144 valence electrons. The maximum Gasteiger partial charge on any atom is 0.235 e. The van der Waals surface area contributed by atoms with Crippen LogP contribution in [-0.2, 0) is 10.2 Å². The number of pyridine rings is 1. The van der Waals surface area contributed by atoms with Crippen LogP contribution in [0.4, 0.5) is 10.1 Å². The summed E-state index contributed by atoms with van der Waals surface area (Å²) in [6.45, 7) is 2.05. The molecule has 0 spiro atoms. The second kappa shape index (κ2) is 6.55. The molecule has 2 aromatic carbocycles. The molecule has 5 rings (SSSR count). The largest absolute Gasteiger partial charge is 0.325 e. The van der Waals surface area contributed by atoms with Crippen molar-refractivity contribution in [1.29, 1.82) is 0 Å². The van der Waals surface area contributed by atoms with E-state index in [-0.39, 0.29) is 11.7 Å². The molecule has 0 radical (unpaired) electrons. The van der Waals surface area contributed by atoms with Crippen molar-refractivity contribution in [2.75, 3.05) is 5.32 Å². The van der Waals surface area contributed by atoms with Crippen LogP contribution in [0.2, 0.25) is 0 Å². The molecule has 1 aliphatic carbocycles. The number of hydrogen-bond acceptors (Lipinski definition) is 2. The van der Waals surface area contributed by atoms with Crippen molar-refractivity contribution in [3.63, 3.8) is 0 Å². The topological polar surface area (TPSA) is 46.4 Å². The molecule has 1 N–H and O–H groups in total. The number of carbonyl (C=O) groups is 1. The van der Waals surface area contributed by atoms with Crippen LogP contribution in [0.3, 0.4) is 0 Å². The summed E-state index contributed by atoms with van der Waals surface area (Å²) in [5.41, 5.74) is 5.03. The van der Waals surface area contributed by atoms with Crippen molar-refractivity contribution in [2.45, 2.75) is 25.2 Å². The van der Waals surface area contributed by atoms with Crippen LogP contribution >= 0.6 is 0 Å². The lowest BCUT2D eigenvalue weighted by molar-refractivity contribution is -0.118. The Morgan fingerprint density at radius 3 is 2.48 bits per heavy atom.